The molecule has 3 N–H and O–H groups in total. The van der Waals surface area contributed by atoms with Crippen molar-refractivity contribution < 1.29 is 4.74 Å². The number of hydrogen-bond donors (Lipinski definition) is 2. The van der Waals surface area contributed by atoms with Gasteiger partial charge in [0.15, 0.2) is 0 Å². The van der Waals surface area contributed by atoms with Crippen molar-refractivity contribution in [2.24, 2.45) is 17.2 Å². The highest BCUT2D eigenvalue weighted by atomic mass is 16.5. The van der Waals surface area contributed by atoms with Crippen LogP contribution in [0.1, 0.15) is 59.1 Å². The summed E-state index contributed by atoms with van der Waals surface area (Å²) in [5.41, 5.74) is 4.45. The summed E-state index contributed by atoms with van der Waals surface area (Å²) >= 11 is 0. The first-order chi connectivity index (χ1) is 9.38. The molecule has 0 aliphatic rings. The second kappa shape index (κ2) is 7.65. The van der Waals surface area contributed by atoms with E-state index in [0.29, 0.717) is 11.3 Å². The third-order valence-corrected chi connectivity index (χ3v) is 4.02. The van der Waals surface area contributed by atoms with Gasteiger partial charge in [-0.2, -0.15) is 0 Å². The highest BCUT2D eigenvalue weighted by molar-refractivity contribution is 5.29. The molecule has 0 saturated carbocycles. The summed E-state index contributed by atoms with van der Waals surface area (Å²) in [6.07, 6.45) is 2.05. The van der Waals surface area contributed by atoms with E-state index < -0.39 is 0 Å². The molecular weight excluding hydrogens is 248 g/mol. The second-order valence-corrected chi connectivity index (χ2v) is 6.64. The van der Waals surface area contributed by atoms with E-state index in [1.165, 1.54) is 5.56 Å². The van der Waals surface area contributed by atoms with Crippen molar-refractivity contribution >= 4 is 0 Å². The molecule has 114 valence electrons. The molecule has 2 atom stereocenters. The van der Waals surface area contributed by atoms with E-state index in [9.17, 15) is 0 Å². The summed E-state index contributed by atoms with van der Waals surface area (Å²) in [5, 5.41) is 0. The summed E-state index contributed by atoms with van der Waals surface area (Å²) in [4.78, 5) is 0. The number of nitrogens with two attached hydrogens (primary N) is 1. The molecule has 3 nitrogen and oxygen atoms in total. The van der Waals surface area contributed by atoms with E-state index in [1.807, 2.05) is 12.1 Å². The van der Waals surface area contributed by atoms with E-state index in [-0.39, 0.29) is 6.04 Å². The summed E-state index contributed by atoms with van der Waals surface area (Å²) in [5.74, 6) is 7.24. The van der Waals surface area contributed by atoms with Crippen molar-refractivity contribution in [3.8, 4) is 5.75 Å². The van der Waals surface area contributed by atoms with Gasteiger partial charge in [-0.05, 0) is 41.9 Å². The maximum absolute atomic E-state index is 5.73. The summed E-state index contributed by atoms with van der Waals surface area (Å²) in [6, 6.07) is 8.44. The van der Waals surface area contributed by atoms with Gasteiger partial charge >= 0.3 is 0 Å². The van der Waals surface area contributed by atoms with Crippen LogP contribution in [0, 0.1) is 11.3 Å². The minimum atomic E-state index is 0.185. The number of rotatable bonds is 7. The zero-order valence-electron chi connectivity index (χ0n) is 13.6. The van der Waals surface area contributed by atoms with Gasteiger partial charge in [0.25, 0.3) is 0 Å². The molecular formula is C17H30N2O. The van der Waals surface area contributed by atoms with Gasteiger partial charge in [0, 0.05) is 6.04 Å². The maximum atomic E-state index is 5.73. The Hall–Kier alpha value is -1.06. The van der Waals surface area contributed by atoms with Crippen molar-refractivity contribution in [3.05, 3.63) is 29.8 Å². The lowest BCUT2D eigenvalue weighted by Gasteiger charge is -2.30. The fraction of sp³-hybridized carbons (Fsp3) is 0.647. The Morgan fingerprint density at radius 3 is 2.25 bits per heavy atom. The van der Waals surface area contributed by atoms with E-state index in [1.54, 1.807) is 0 Å². The lowest BCUT2D eigenvalue weighted by molar-refractivity contribution is 0.223. The fourth-order valence-corrected chi connectivity index (χ4v) is 2.02. The number of hydrazine groups is 1. The lowest BCUT2D eigenvalue weighted by atomic mass is 9.77. The minimum absolute atomic E-state index is 0.185. The van der Waals surface area contributed by atoms with E-state index in [2.05, 4.69) is 52.2 Å². The molecule has 0 aliphatic heterocycles. The first-order valence-corrected chi connectivity index (χ1v) is 7.57. The van der Waals surface area contributed by atoms with Crippen molar-refractivity contribution in [2.45, 2.75) is 53.5 Å². The fourth-order valence-electron chi connectivity index (χ4n) is 2.02. The standard InChI is InChI=1S/C17H30N2O/c1-6-11-20-15-9-7-14(8-10-15)16(19-18)12-13(2)17(3,4)5/h7-10,13,16,19H,6,11-12,18H2,1-5H3. The molecule has 1 aromatic rings. The largest absolute Gasteiger partial charge is 0.494 e. The van der Waals surface area contributed by atoms with Crippen LogP contribution >= 0.6 is 0 Å². The monoisotopic (exact) mass is 278 g/mol. The Bertz CT molecular complexity index is 381. The first-order valence-electron chi connectivity index (χ1n) is 7.57. The quantitative estimate of drug-likeness (QED) is 0.584. The van der Waals surface area contributed by atoms with E-state index in [0.717, 1.165) is 25.2 Å². The predicted octanol–water partition coefficient (Wildman–Crippen LogP) is 4.05. The smallest absolute Gasteiger partial charge is 0.119 e. The average Bonchev–Trinajstić information content (AvgIpc) is 2.42. The summed E-state index contributed by atoms with van der Waals surface area (Å²) < 4.78 is 5.61. The minimum Gasteiger partial charge on any atom is -0.494 e. The topological polar surface area (TPSA) is 47.3 Å². The zero-order chi connectivity index (χ0) is 15.2. The van der Waals surface area contributed by atoms with Crippen LogP contribution in [0.4, 0.5) is 0 Å². The van der Waals surface area contributed by atoms with Crippen LogP contribution in [0.2, 0.25) is 0 Å². The Balaban J connectivity index is 2.70. The third-order valence-electron chi connectivity index (χ3n) is 4.02. The van der Waals surface area contributed by atoms with Gasteiger partial charge in [-0.25, -0.2) is 0 Å². The molecule has 0 spiro atoms. The normalized spacial score (nSPS) is 14.9. The molecule has 0 aliphatic carbocycles. The molecule has 0 radical (unpaired) electrons. The van der Waals surface area contributed by atoms with Crippen molar-refractivity contribution in [2.75, 3.05) is 6.61 Å². The SMILES string of the molecule is CCCOc1ccc(C(CC(C)C(C)(C)C)NN)cc1. The number of hydrogen-bond acceptors (Lipinski definition) is 3. The Kier molecular flexibility index (Phi) is 6.50. The predicted molar refractivity (Wildman–Crippen MR) is 85.5 cm³/mol. The Morgan fingerprint density at radius 2 is 1.80 bits per heavy atom. The van der Waals surface area contributed by atoms with Crippen LogP contribution in [0.15, 0.2) is 24.3 Å². The van der Waals surface area contributed by atoms with Crippen LogP contribution < -0.4 is 16.0 Å². The van der Waals surface area contributed by atoms with Gasteiger partial charge in [0.1, 0.15) is 5.75 Å². The van der Waals surface area contributed by atoms with Crippen molar-refractivity contribution in [1.29, 1.82) is 0 Å². The highest BCUT2D eigenvalue weighted by Gasteiger charge is 2.23. The number of nitrogens with one attached hydrogen (secondary N) is 1. The highest BCUT2D eigenvalue weighted by Crippen LogP contribution is 2.33. The van der Waals surface area contributed by atoms with Crippen LogP contribution in [0.25, 0.3) is 0 Å². The first kappa shape index (κ1) is 17.0. The van der Waals surface area contributed by atoms with E-state index in [4.69, 9.17) is 10.6 Å². The molecule has 0 bridgehead atoms. The van der Waals surface area contributed by atoms with Gasteiger partial charge in [-0.15, -0.1) is 0 Å². The van der Waals surface area contributed by atoms with Crippen LogP contribution in [0.3, 0.4) is 0 Å². The van der Waals surface area contributed by atoms with Gasteiger partial charge in [-0.3, -0.25) is 11.3 Å². The molecule has 0 heterocycles. The zero-order valence-corrected chi connectivity index (χ0v) is 13.6. The summed E-state index contributed by atoms with van der Waals surface area (Å²) in [6.45, 7) is 12.0. The van der Waals surface area contributed by atoms with Gasteiger partial charge in [0.2, 0.25) is 0 Å². The van der Waals surface area contributed by atoms with Gasteiger partial charge < -0.3 is 4.74 Å². The molecule has 0 fully saturated rings. The molecule has 0 aromatic heterocycles. The van der Waals surface area contributed by atoms with Crippen LogP contribution in [-0.2, 0) is 0 Å². The molecule has 0 saturated heterocycles. The maximum Gasteiger partial charge on any atom is 0.119 e. The molecule has 1 rings (SSSR count). The molecule has 2 unspecified atom stereocenters. The molecule has 3 heteroatoms. The number of benzene rings is 1. The average molecular weight is 278 g/mol. The lowest BCUT2D eigenvalue weighted by Crippen LogP contribution is -2.31. The Labute approximate surface area is 123 Å². The molecule has 1 aromatic carbocycles. The van der Waals surface area contributed by atoms with Gasteiger partial charge in [0.05, 0.1) is 6.61 Å². The number of ether oxygens (including phenoxy) is 1. The van der Waals surface area contributed by atoms with E-state index >= 15 is 0 Å². The van der Waals surface area contributed by atoms with Gasteiger partial charge in [-0.1, -0.05) is 46.8 Å². The van der Waals surface area contributed by atoms with Crippen LogP contribution in [-0.4, -0.2) is 6.61 Å². The molecule has 20 heavy (non-hydrogen) atoms. The second-order valence-electron chi connectivity index (χ2n) is 6.64. The Morgan fingerprint density at radius 1 is 1.20 bits per heavy atom. The van der Waals surface area contributed by atoms with Crippen molar-refractivity contribution in [3.63, 3.8) is 0 Å². The third kappa shape index (κ3) is 5.14. The molecule has 0 amide bonds. The van der Waals surface area contributed by atoms with Crippen LogP contribution in [0.5, 0.6) is 5.75 Å². The van der Waals surface area contributed by atoms with Crippen molar-refractivity contribution in [1.82, 2.24) is 5.43 Å². The summed E-state index contributed by atoms with van der Waals surface area (Å²) in [7, 11) is 0.